The van der Waals surface area contributed by atoms with Gasteiger partial charge in [0, 0.05) is 73.4 Å². The van der Waals surface area contributed by atoms with E-state index in [0.29, 0.717) is 77.8 Å². The molecule has 0 spiro atoms. The Bertz CT molecular complexity index is 3410. The number of fused-ring (bicyclic) bond motifs is 10. The summed E-state index contributed by atoms with van der Waals surface area (Å²) in [6.07, 6.45) is 4.79. The summed E-state index contributed by atoms with van der Waals surface area (Å²) in [5, 5.41) is 7.04. The fraction of sp³-hybridized carbons (Fsp3) is 0.380. The monoisotopic (exact) mass is 938 g/mol. The normalized spacial score (nSPS) is 15.9. The van der Waals surface area contributed by atoms with Crippen LogP contribution in [0.15, 0.2) is 82.4 Å². The summed E-state index contributed by atoms with van der Waals surface area (Å²) in [4.78, 5) is 83.7. The van der Waals surface area contributed by atoms with Crippen LogP contribution in [0.1, 0.15) is 53.3 Å². The van der Waals surface area contributed by atoms with E-state index in [4.69, 9.17) is 16.6 Å². The summed E-state index contributed by atoms with van der Waals surface area (Å²) in [5.74, 6) is 0.111. The number of anilines is 1. The van der Waals surface area contributed by atoms with Crippen LogP contribution in [-0.4, -0.2) is 139 Å². The van der Waals surface area contributed by atoms with Crippen LogP contribution in [0.25, 0.3) is 55.4 Å². The molecule has 9 heterocycles. The van der Waals surface area contributed by atoms with Gasteiger partial charge in [0.15, 0.2) is 11.3 Å². The van der Waals surface area contributed by atoms with Gasteiger partial charge in [0.05, 0.1) is 32.8 Å². The summed E-state index contributed by atoms with van der Waals surface area (Å²) >= 11 is 6.15. The highest BCUT2D eigenvalue weighted by molar-refractivity contribution is 6.29. The number of nitrogens with one attached hydrogen (secondary N) is 2. The number of aromatic nitrogens is 6. The van der Waals surface area contributed by atoms with E-state index in [1.54, 1.807) is 25.1 Å². The predicted octanol–water partition coefficient (Wildman–Crippen LogP) is 4.65. The molecule has 18 heteroatoms. The highest BCUT2D eigenvalue weighted by Gasteiger charge is 2.27. The molecule has 3 saturated heterocycles. The molecule has 2 aromatic carbocycles. The first-order chi connectivity index (χ1) is 33.0. The lowest BCUT2D eigenvalue weighted by Crippen LogP contribution is -2.48. The number of pyridine rings is 4. The summed E-state index contributed by atoms with van der Waals surface area (Å²) in [6, 6.07) is 22.5. The van der Waals surface area contributed by atoms with Crippen LogP contribution in [0.4, 0.5) is 5.82 Å². The molecule has 11 rings (SSSR count). The number of hydrogen-bond acceptors (Lipinski definition) is 10. The van der Waals surface area contributed by atoms with E-state index in [1.165, 1.54) is 25.7 Å². The van der Waals surface area contributed by atoms with E-state index in [-0.39, 0.29) is 39.7 Å². The molecule has 3 aliphatic heterocycles. The Morgan fingerprint density at radius 1 is 0.574 bits per heavy atom. The second kappa shape index (κ2) is 18.7. The van der Waals surface area contributed by atoms with E-state index >= 15 is 0 Å². The van der Waals surface area contributed by atoms with Crippen molar-refractivity contribution in [3.63, 3.8) is 0 Å². The lowest BCUT2D eigenvalue weighted by molar-refractivity contribution is -0.129. The van der Waals surface area contributed by atoms with Gasteiger partial charge in [-0.05, 0) is 100 Å². The zero-order valence-electron chi connectivity index (χ0n) is 38.6. The zero-order chi connectivity index (χ0) is 47.2. The Kier molecular flexibility index (Phi) is 12.4. The van der Waals surface area contributed by atoms with Crippen LogP contribution in [0.2, 0.25) is 5.15 Å². The van der Waals surface area contributed by atoms with Gasteiger partial charge in [-0.3, -0.25) is 32.8 Å². The van der Waals surface area contributed by atoms with Gasteiger partial charge in [0.25, 0.3) is 11.8 Å². The van der Waals surface area contributed by atoms with Crippen LogP contribution in [0.5, 0.6) is 0 Å². The first-order valence-corrected chi connectivity index (χ1v) is 23.9. The minimum atomic E-state index is -0.362. The summed E-state index contributed by atoms with van der Waals surface area (Å²) in [6.45, 7) is 11.0. The van der Waals surface area contributed by atoms with Crippen molar-refractivity contribution >= 4 is 90.6 Å². The topological polar surface area (TPSA) is 167 Å². The number of hydrogen-bond donors (Lipinski definition) is 2. The largest absolute Gasteiger partial charge is 0.353 e. The molecule has 3 amide bonds. The molecule has 0 bridgehead atoms. The zero-order valence-corrected chi connectivity index (χ0v) is 39.4. The molecular formula is C50H55ClN12O5. The van der Waals surface area contributed by atoms with Gasteiger partial charge in [-0.1, -0.05) is 35.9 Å². The lowest BCUT2D eigenvalue weighted by atomic mass is 10.1. The minimum Gasteiger partial charge on any atom is -0.353 e. The van der Waals surface area contributed by atoms with E-state index in [9.17, 15) is 24.0 Å². The van der Waals surface area contributed by atoms with Gasteiger partial charge in [0.2, 0.25) is 16.8 Å². The third kappa shape index (κ3) is 8.11. The minimum absolute atomic E-state index is 0.0753. The summed E-state index contributed by atoms with van der Waals surface area (Å²) in [7, 11) is 3.74. The van der Waals surface area contributed by atoms with Crippen molar-refractivity contribution in [2.75, 3.05) is 83.4 Å². The van der Waals surface area contributed by atoms with Gasteiger partial charge in [-0.25, -0.2) is 9.97 Å². The molecule has 0 saturated carbocycles. The number of rotatable bonds is 9. The predicted molar refractivity (Wildman–Crippen MR) is 266 cm³/mol. The number of imidazole rings is 2. The maximum absolute atomic E-state index is 13.8. The smallest absolute Gasteiger partial charge is 0.259 e. The molecular weight excluding hydrogens is 884 g/mol. The Hall–Kier alpha value is -6.82. The Labute approximate surface area is 396 Å². The van der Waals surface area contributed by atoms with Crippen molar-refractivity contribution in [1.29, 1.82) is 0 Å². The second-order valence-electron chi connectivity index (χ2n) is 18.0. The molecule has 3 aliphatic rings. The maximum Gasteiger partial charge on any atom is 0.259 e. The number of halogens is 1. The number of aryl methyl sites for hydroxylation is 2. The Balaban J connectivity index is 0.000000163. The first kappa shape index (κ1) is 45.0. The number of benzene rings is 2. The number of para-hydroxylation sites is 4. The van der Waals surface area contributed by atoms with E-state index < -0.39 is 0 Å². The molecule has 0 aliphatic carbocycles. The van der Waals surface area contributed by atoms with Crippen molar-refractivity contribution in [3.05, 3.63) is 110 Å². The highest BCUT2D eigenvalue weighted by Crippen LogP contribution is 2.29. The fourth-order valence-corrected chi connectivity index (χ4v) is 10.5. The average molecular weight is 940 g/mol. The van der Waals surface area contributed by atoms with Crippen molar-refractivity contribution in [3.8, 4) is 0 Å². The van der Waals surface area contributed by atoms with Gasteiger partial charge in [-0.2, -0.15) is 0 Å². The average Bonchev–Trinajstić information content (AvgIpc) is 4.18. The molecule has 68 heavy (non-hydrogen) atoms. The van der Waals surface area contributed by atoms with Crippen LogP contribution < -0.4 is 26.4 Å². The number of amides is 3. The number of carbonyl (C=O) groups is 3. The van der Waals surface area contributed by atoms with Gasteiger partial charge < -0.3 is 39.4 Å². The molecule has 2 N–H and O–H groups in total. The molecule has 0 unspecified atom stereocenters. The molecule has 352 valence electrons. The molecule has 3 fully saturated rings. The number of likely N-dealkylation sites (tertiary alicyclic amines) is 2. The SMILES string of the molecule is CC(=O)N1CCN(c2ccc3c(=O)c(C(=O)NCCN4CCCC4)c4n(C)c5ccccc5n4c3n2)CC1.Cn1c2ccccc2n2c3nc(Cl)ccc3c(=O)c(C(=O)NCCN3CCCC3)c12. The number of carbonyl (C=O) groups excluding carboxylic acids is 3. The van der Waals surface area contributed by atoms with Crippen LogP contribution >= 0.6 is 11.6 Å². The first-order valence-electron chi connectivity index (χ1n) is 23.5. The Morgan fingerprint density at radius 2 is 1.01 bits per heavy atom. The molecule has 8 aromatic rings. The molecule has 17 nitrogen and oxygen atoms in total. The van der Waals surface area contributed by atoms with Crippen molar-refractivity contribution < 1.29 is 14.4 Å². The van der Waals surface area contributed by atoms with Crippen LogP contribution in [0.3, 0.4) is 0 Å². The van der Waals surface area contributed by atoms with Crippen LogP contribution in [0, 0.1) is 0 Å². The maximum atomic E-state index is 13.8. The lowest BCUT2D eigenvalue weighted by Gasteiger charge is -2.35. The third-order valence-electron chi connectivity index (χ3n) is 13.9. The van der Waals surface area contributed by atoms with Gasteiger partial charge in [-0.15, -0.1) is 0 Å². The Morgan fingerprint density at radius 3 is 1.49 bits per heavy atom. The number of nitrogens with zero attached hydrogens (tertiary/aromatic N) is 10. The van der Waals surface area contributed by atoms with Crippen molar-refractivity contribution in [2.24, 2.45) is 14.1 Å². The molecule has 0 atom stereocenters. The second-order valence-corrected chi connectivity index (χ2v) is 18.4. The van der Waals surface area contributed by atoms with E-state index in [1.807, 2.05) is 91.5 Å². The highest BCUT2D eigenvalue weighted by atomic mass is 35.5. The standard InChI is InChI=1S/C28H33N7O3.C22H22ClN5O2/c1-19(36)33-15-17-34(18-16-33)23-10-9-20-25(37)24(27(38)29-11-14-32-12-5-6-13-32)28-31(2)21-7-3-4-8-22(21)35(28)26(20)30-23;1-26-15-6-2-3-7-16(15)28-20-14(8-9-17(23)25-20)19(29)18(22(26)28)21(30)24-10-13-27-11-4-5-12-27/h3-4,7-10H,5-6,11-18H2,1-2H3,(H,29,38);2-3,6-9H,4-5,10-13H2,1H3,(H,24,30). The summed E-state index contributed by atoms with van der Waals surface area (Å²) in [5.41, 5.74) is 5.21. The molecule has 6 aromatic heterocycles. The number of piperazine rings is 1. The quantitative estimate of drug-likeness (QED) is 0.195. The summed E-state index contributed by atoms with van der Waals surface area (Å²) < 4.78 is 7.57. The third-order valence-corrected chi connectivity index (χ3v) is 14.1. The molecule has 0 radical (unpaired) electrons. The van der Waals surface area contributed by atoms with E-state index in [2.05, 4.69) is 30.3 Å². The van der Waals surface area contributed by atoms with E-state index in [0.717, 1.165) is 67.2 Å². The van der Waals surface area contributed by atoms with Gasteiger partial charge >= 0.3 is 0 Å². The van der Waals surface area contributed by atoms with Crippen molar-refractivity contribution in [2.45, 2.75) is 32.6 Å². The van der Waals surface area contributed by atoms with Crippen molar-refractivity contribution in [1.82, 2.24) is 53.2 Å². The fourth-order valence-electron chi connectivity index (χ4n) is 10.3. The van der Waals surface area contributed by atoms with Gasteiger partial charge in [0.1, 0.15) is 33.4 Å². The van der Waals surface area contributed by atoms with Crippen LogP contribution in [-0.2, 0) is 18.9 Å².